The highest BCUT2D eigenvalue weighted by Gasteiger charge is 2.42. The Balaban J connectivity index is 1.94. The maximum atomic E-state index is 5.81. The molecule has 0 aliphatic heterocycles. The Kier molecular flexibility index (Phi) is 3.17. The van der Waals surface area contributed by atoms with Crippen LogP contribution in [0.25, 0.3) is 0 Å². The fraction of sp³-hybridized carbons (Fsp3) is 0.600. The standard InChI is InChI=1S/C15H23NO/c1-14(2,3)12-4-6-13(7-5-12)17-11-15(10-16)8-9-15/h4-7H,8-11,16H2,1-3H3. The zero-order valence-corrected chi connectivity index (χ0v) is 11.1. The normalized spacial score (nSPS) is 17.9. The molecule has 17 heavy (non-hydrogen) atoms. The van der Waals surface area contributed by atoms with Crippen molar-refractivity contribution in [3.8, 4) is 5.75 Å². The zero-order chi connectivity index (χ0) is 12.5. The van der Waals surface area contributed by atoms with Gasteiger partial charge in [-0.25, -0.2) is 0 Å². The molecule has 2 N–H and O–H groups in total. The summed E-state index contributed by atoms with van der Waals surface area (Å²) in [5.41, 5.74) is 7.55. The van der Waals surface area contributed by atoms with E-state index in [0.29, 0.717) is 0 Å². The number of hydrogen-bond donors (Lipinski definition) is 1. The molecule has 0 amide bonds. The Morgan fingerprint density at radius 3 is 2.18 bits per heavy atom. The largest absolute Gasteiger partial charge is 0.493 e. The summed E-state index contributed by atoms with van der Waals surface area (Å²) in [5.74, 6) is 0.956. The van der Waals surface area contributed by atoms with Crippen LogP contribution >= 0.6 is 0 Å². The van der Waals surface area contributed by atoms with Crippen LogP contribution in [0.1, 0.15) is 39.2 Å². The highest BCUT2D eigenvalue weighted by atomic mass is 16.5. The molecule has 94 valence electrons. The Morgan fingerprint density at radius 2 is 1.76 bits per heavy atom. The van der Waals surface area contributed by atoms with Gasteiger partial charge in [0.1, 0.15) is 5.75 Å². The van der Waals surface area contributed by atoms with E-state index in [0.717, 1.165) is 18.9 Å². The molecule has 2 heteroatoms. The van der Waals surface area contributed by atoms with Gasteiger partial charge in [-0.1, -0.05) is 32.9 Å². The van der Waals surface area contributed by atoms with Crippen molar-refractivity contribution in [3.05, 3.63) is 29.8 Å². The van der Waals surface area contributed by atoms with Crippen molar-refractivity contribution >= 4 is 0 Å². The molecule has 0 heterocycles. The van der Waals surface area contributed by atoms with Crippen molar-refractivity contribution in [2.45, 2.75) is 39.0 Å². The third-order valence-electron chi connectivity index (χ3n) is 3.66. The highest BCUT2D eigenvalue weighted by Crippen LogP contribution is 2.44. The third kappa shape index (κ3) is 3.01. The van der Waals surface area contributed by atoms with E-state index in [2.05, 4.69) is 45.0 Å². The first-order valence-electron chi connectivity index (χ1n) is 6.39. The second kappa shape index (κ2) is 4.34. The Bertz CT molecular complexity index is 371. The van der Waals surface area contributed by atoms with Crippen molar-refractivity contribution in [3.63, 3.8) is 0 Å². The summed E-state index contributed by atoms with van der Waals surface area (Å²) >= 11 is 0. The van der Waals surface area contributed by atoms with E-state index >= 15 is 0 Å². The van der Waals surface area contributed by atoms with Crippen LogP contribution in [-0.2, 0) is 5.41 Å². The smallest absolute Gasteiger partial charge is 0.119 e. The molecule has 1 fully saturated rings. The van der Waals surface area contributed by atoms with E-state index in [9.17, 15) is 0 Å². The molecule has 0 aromatic heterocycles. The lowest BCUT2D eigenvalue weighted by Crippen LogP contribution is -2.22. The lowest BCUT2D eigenvalue weighted by Gasteiger charge is -2.19. The molecular weight excluding hydrogens is 210 g/mol. The molecule has 1 aromatic rings. The Labute approximate surface area is 104 Å². The van der Waals surface area contributed by atoms with E-state index in [1.54, 1.807) is 0 Å². The van der Waals surface area contributed by atoms with E-state index in [4.69, 9.17) is 10.5 Å². The molecule has 0 spiro atoms. The lowest BCUT2D eigenvalue weighted by molar-refractivity contribution is 0.239. The number of ether oxygens (including phenoxy) is 1. The van der Waals surface area contributed by atoms with Crippen molar-refractivity contribution < 1.29 is 4.74 Å². The SMILES string of the molecule is CC(C)(C)c1ccc(OCC2(CN)CC2)cc1. The first-order chi connectivity index (χ1) is 7.95. The number of nitrogens with two attached hydrogens (primary N) is 1. The fourth-order valence-corrected chi connectivity index (χ4v) is 1.87. The maximum Gasteiger partial charge on any atom is 0.119 e. The Morgan fingerprint density at radius 1 is 1.18 bits per heavy atom. The van der Waals surface area contributed by atoms with Crippen LogP contribution < -0.4 is 10.5 Å². The monoisotopic (exact) mass is 233 g/mol. The summed E-state index contributed by atoms with van der Waals surface area (Å²) in [6.07, 6.45) is 2.42. The number of benzene rings is 1. The molecule has 0 bridgehead atoms. The molecular formula is C15H23NO. The van der Waals surface area contributed by atoms with E-state index in [1.807, 2.05) is 0 Å². The Hall–Kier alpha value is -1.02. The minimum Gasteiger partial charge on any atom is -0.493 e. The third-order valence-corrected chi connectivity index (χ3v) is 3.66. The summed E-state index contributed by atoms with van der Waals surface area (Å²) in [6.45, 7) is 8.16. The van der Waals surface area contributed by atoms with Crippen LogP contribution in [0.15, 0.2) is 24.3 Å². The minimum absolute atomic E-state index is 0.202. The van der Waals surface area contributed by atoms with Gasteiger partial charge in [-0.05, 0) is 36.0 Å². The summed E-state index contributed by atoms with van der Waals surface area (Å²) in [6, 6.07) is 8.43. The van der Waals surface area contributed by atoms with Crippen molar-refractivity contribution in [2.75, 3.05) is 13.2 Å². The van der Waals surface area contributed by atoms with E-state index in [-0.39, 0.29) is 10.8 Å². The minimum atomic E-state index is 0.202. The van der Waals surface area contributed by atoms with Crippen molar-refractivity contribution in [1.29, 1.82) is 0 Å². The summed E-state index contributed by atoms with van der Waals surface area (Å²) < 4.78 is 5.81. The highest BCUT2D eigenvalue weighted by molar-refractivity contribution is 5.31. The molecule has 1 saturated carbocycles. The van der Waals surface area contributed by atoms with Gasteiger partial charge in [-0.15, -0.1) is 0 Å². The van der Waals surface area contributed by atoms with Crippen LogP contribution in [0.2, 0.25) is 0 Å². The average Bonchev–Trinajstić information content (AvgIpc) is 3.06. The second-order valence-electron chi connectivity index (χ2n) is 6.27. The van der Waals surface area contributed by atoms with Gasteiger partial charge in [-0.2, -0.15) is 0 Å². The molecule has 0 saturated heterocycles. The molecule has 1 aromatic carbocycles. The van der Waals surface area contributed by atoms with Crippen LogP contribution in [-0.4, -0.2) is 13.2 Å². The van der Waals surface area contributed by atoms with Gasteiger partial charge in [0.25, 0.3) is 0 Å². The molecule has 1 aliphatic rings. The van der Waals surface area contributed by atoms with Crippen LogP contribution in [0, 0.1) is 5.41 Å². The fourth-order valence-electron chi connectivity index (χ4n) is 1.87. The quantitative estimate of drug-likeness (QED) is 0.867. The first kappa shape index (κ1) is 12.4. The predicted octanol–water partition coefficient (Wildman–Crippen LogP) is 3.10. The van der Waals surface area contributed by atoms with Crippen LogP contribution in [0.5, 0.6) is 5.75 Å². The van der Waals surface area contributed by atoms with Gasteiger partial charge in [0.2, 0.25) is 0 Å². The second-order valence-corrected chi connectivity index (χ2v) is 6.27. The predicted molar refractivity (Wildman–Crippen MR) is 71.4 cm³/mol. The topological polar surface area (TPSA) is 35.2 Å². The van der Waals surface area contributed by atoms with Gasteiger partial charge >= 0.3 is 0 Å². The summed E-state index contributed by atoms with van der Waals surface area (Å²) in [7, 11) is 0. The van der Waals surface area contributed by atoms with E-state index in [1.165, 1.54) is 18.4 Å². The number of rotatable bonds is 4. The zero-order valence-electron chi connectivity index (χ0n) is 11.1. The maximum absolute atomic E-state index is 5.81. The van der Waals surface area contributed by atoms with Crippen molar-refractivity contribution in [2.24, 2.45) is 11.1 Å². The van der Waals surface area contributed by atoms with Gasteiger partial charge < -0.3 is 10.5 Å². The first-order valence-corrected chi connectivity index (χ1v) is 6.39. The molecule has 0 atom stereocenters. The van der Waals surface area contributed by atoms with Gasteiger partial charge in [0, 0.05) is 12.0 Å². The lowest BCUT2D eigenvalue weighted by atomic mass is 9.87. The average molecular weight is 233 g/mol. The summed E-state index contributed by atoms with van der Waals surface area (Å²) in [4.78, 5) is 0. The van der Waals surface area contributed by atoms with Crippen molar-refractivity contribution in [1.82, 2.24) is 0 Å². The van der Waals surface area contributed by atoms with Gasteiger partial charge in [-0.3, -0.25) is 0 Å². The van der Waals surface area contributed by atoms with Gasteiger partial charge in [0.15, 0.2) is 0 Å². The molecule has 0 unspecified atom stereocenters. The molecule has 2 rings (SSSR count). The number of hydrogen-bond acceptors (Lipinski definition) is 2. The van der Waals surface area contributed by atoms with Crippen LogP contribution in [0.3, 0.4) is 0 Å². The van der Waals surface area contributed by atoms with E-state index < -0.39 is 0 Å². The van der Waals surface area contributed by atoms with Crippen LogP contribution in [0.4, 0.5) is 0 Å². The molecule has 2 nitrogen and oxygen atoms in total. The molecule has 1 aliphatic carbocycles. The van der Waals surface area contributed by atoms with Gasteiger partial charge in [0.05, 0.1) is 6.61 Å². The molecule has 0 radical (unpaired) electrons. The summed E-state index contributed by atoms with van der Waals surface area (Å²) in [5, 5.41) is 0.